The van der Waals surface area contributed by atoms with Crippen molar-refractivity contribution in [3.05, 3.63) is 47.2 Å². The van der Waals surface area contributed by atoms with Crippen LogP contribution in [-0.2, 0) is 0 Å². The van der Waals surface area contributed by atoms with Gasteiger partial charge in [0.05, 0.1) is 40.7 Å². The molecule has 0 aliphatic heterocycles. The van der Waals surface area contributed by atoms with E-state index in [-0.39, 0.29) is 0 Å². The second-order valence-electron chi connectivity index (χ2n) is 8.45. The molecule has 0 aliphatic carbocycles. The van der Waals surface area contributed by atoms with Crippen molar-refractivity contribution in [3.8, 4) is 16.5 Å². The Morgan fingerprint density at radius 3 is 2.57 bits per heavy atom. The molecule has 4 aromatic rings. The molecule has 30 heavy (non-hydrogen) atoms. The van der Waals surface area contributed by atoms with E-state index in [0.29, 0.717) is 22.5 Å². The molecule has 0 bridgehead atoms. The van der Waals surface area contributed by atoms with Crippen molar-refractivity contribution < 1.29 is 14.6 Å². The van der Waals surface area contributed by atoms with Crippen LogP contribution in [0.1, 0.15) is 48.4 Å². The van der Waals surface area contributed by atoms with E-state index in [0.717, 1.165) is 38.2 Å². The molecule has 6 nitrogen and oxygen atoms in total. The van der Waals surface area contributed by atoms with Gasteiger partial charge in [0.2, 0.25) is 5.88 Å². The summed E-state index contributed by atoms with van der Waals surface area (Å²) < 4.78 is 6.06. The minimum atomic E-state index is -0.756. The molecule has 0 fully saturated rings. The number of carbonyl (C=O) groups is 1. The topological polar surface area (TPSA) is 85.2 Å². The van der Waals surface area contributed by atoms with Crippen LogP contribution >= 0.6 is 11.3 Å². The van der Waals surface area contributed by atoms with E-state index in [9.17, 15) is 9.90 Å². The Morgan fingerprint density at radius 1 is 1.13 bits per heavy atom. The molecule has 0 radical (unpaired) electrons. The van der Waals surface area contributed by atoms with E-state index in [1.54, 1.807) is 19.4 Å². The van der Waals surface area contributed by atoms with Gasteiger partial charge in [-0.15, -0.1) is 11.3 Å². The Kier molecular flexibility index (Phi) is 5.03. The molecule has 2 heterocycles. The lowest BCUT2D eigenvalue weighted by Crippen LogP contribution is -2.18. The van der Waals surface area contributed by atoms with E-state index in [4.69, 9.17) is 9.72 Å². The number of fused-ring (bicyclic) bond motifs is 2. The van der Waals surface area contributed by atoms with Crippen molar-refractivity contribution >= 4 is 38.9 Å². The van der Waals surface area contributed by atoms with Gasteiger partial charge < -0.3 is 9.84 Å². The molecule has 7 heteroatoms. The third kappa shape index (κ3) is 3.55. The zero-order valence-corrected chi connectivity index (χ0v) is 18.4. The molecule has 2 aromatic heterocycles. The number of hydrogen-bond donors (Lipinski definition) is 1. The number of aryl methyl sites for hydroxylation is 1. The SMILES string of the molecule is COc1cnc2c(-c3nc4c(C(O)C(C)(C)C)cc(C=O)cc4s3)cc(C)cc2n1. The predicted octanol–water partition coefficient (Wildman–Crippen LogP) is 5.12. The second-order valence-corrected chi connectivity index (χ2v) is 9.49. The molecule has 0 amide bonds. The quantitative estimate of drug-likeness (QED) is 0.461. The number of nitrogens with zero attached hydrogens (tertiary/aromatic N) is 3. The van der Waals surface area contributed by atoms with E-state index in [1.807, 2.05) is 45.9 Å². The fourth-order valence-electron chi connectivity index (χ4n) is 3.45. The molecule has 0 spiro atoms. The first kappa shape index (κ1) is 20.4. The van der Waals surface area contributed by atoms with Gasteiger partial charge in [-0.05, 0) is 42.2 Å². The van der Waals surface area contributed by atoms with Gasteiger partial charge in [0.1, 0.15) is 11.3 Å². The van der Waals surface area contributed by atoms with Crippen molar-refractivity contribution in [3.63, 3.8) is 0 Å². The summed E-state index contributed by atoms with van der Waals surface area (Å²) in [6.07, 6.45) is 1.64. The fraction of sp³-hybridized carbons (Fsp3) is 0.304. The van der Waals surface area contributed by atoms with Gasteiger partial charge in [-0.25, -0.2) is 15.0 Å². The van der Waals surface area contributed by atoms with Gasteiger partial charge in [-0.3, -0.25) is 4.79 Å². The Labute approximate surface area is 178 Å². The molecular weight excluding hydrogens is 398 g/mol. The normalized spacial score (nSPS) is 13.0. The van der Waals surface area contributed by atoms with Crippen LogP contribution in [0, 0.1) is 12.3 Å². The third-order valence-electron chi connectivity index (χ3n) is 5.01. The average molecular weight is 422 g/mol. The molecule has 4 rings (SSSR count). The molecule has 1 atom stereocenters. The lowest BCUT2D eigenvalue weighted by atomic mass is 9.84. The zero-order chi connectivity index (χ0) is 21.6. The Hall–Kier alpha value is -2.90. The summed E-state index contributed by atoms with van der Waals surface area (Å²) >= 11 is 1.48. The maximum Gasteiger partial charge on any atom is 0.232 e. The fourth-order valence-corrected chi connectivity index (χ4v) is 4.51. The third-order valence-corrected chi connectivity index (χ3v) is 6.04. The van der Waals surface area contributed by atoms with Crippen LogP contribution in [0.5, 0.6) is 5.88 Å². The summed E-state index contributed by atoms with van der Waals surface area (Å²) in [5.41, 5.74) is 4.85. The number of ether oxygens (including phenoxy) is 1. The summed E-state index contributed by atoms with van der Waals surface area (Å²) in [5.74, 6) is 0.453. The molecule has 0 saturated heterocycles. The maximum absolute atomic E-state index is 11.5. The molecule has 2 aromatic carbocycles. The minimum absolute atomic E-state index is 0.393. The van der Waals surface area contributed by atoms with Crippen molar-refractivity contribution in [1.82, 2.24) is 15.0 Å². The summed E-state index contributed by atoms with van der Waals surface area (Å²) in [6.45, 7) is 7.88. The molecule has 0 saturated carbocycles. The van der Waals surface area contributed by atoms with E-state index in [2.05, 4.69) is 9.97 Å². The van der Waals surface area contributed by atoms with Crippen molar-refractivity contribution in [2.24, 2.45) is 5.41 Å². The van der Waals surface area contributed by atoms with Gasteiger partial charge in [0.25, 0.3) is 0 Å². The Balaban J connectivity index is 1.98. The van der Waals surface area contributed by atoms with Crippen molar-refractivity contribution in [2.75, 3.05) is 7.11 Å². The van der Waals surface area contributed by atoms with Crippen LogP contribution < -0.4 is 4.74 Å². The number of rotatable bonds is 4. The number of thiazole rings is 1. The smallest absolute Gasteiger partial charge is 0.232 e. The monoisotopic (exact) mass is 421 g/mol. The summed E-state index contributed by atoms with van der Waals surface area (Å²) in [6, 6.07) is 7.53. The van der Waals surface area contributed by atoms with Gasteiger partial charge >= 0.3 is 0 Å². The van der Waals surface area contributed by atoms with E-state index in [1.165, 1.54) is 11.3 Å². The first-order valence-corrected chi connectivity index (χ1v) is 10.4. The van der Waals surface area contributed by atoms with E-state index >= 15 is 0 Å². The first-order chi connectivity index (χ1) is 14.2. The highest BCUT2D eigenvalue weighted by atomic mass is 32.1. The summed E-state index contributed by atoms with van der Waals surface area (Å²) in [5, 5.41) is 11.7. The standard InChI is InChI=1S/C23H23N3O3S/c1-12-6-15(19-16(7-12)25-18(29-5)10-24-19)22-26-20-14(21(28)23(2,3)4)8-13(11-27)9-17(20)30-22/h6-11,21,28H,1-5H3. The Bertz CT molecular complexity index is 1270. The number of methoxy groups -OCH3 is 1. The predicted molar refractivity (Wildman–Crippen MR) is 119 cm³/mol. The second kappa shape index (κ2) is 7.41. The maximum atomic E-state index is 11.5. The number of aliphatic hydroxyl groups is 1. The molecule has 154 valence electrons. The van der Waals surface area contributed by atoms with Crippen LogP contribution in [-0.4, -0.2) is 33.5 Å². The van der Waals surface area contributed by atoms with Gasteiger partial charge in [-0.1, -0.05) is 20.8 Å². The van der Waals surface area contributed by atoms with Crippen LogP contribution in [0.3, 0.4) is 0 Å². The average Bonchev–Trinajstić information content (AvgIpc) is 3.14. The number of carbonyl (C=O) groups excluding carboxylic acids is 1. The highest BCUT2D eigenvalue weighted by Crippen LogP contribution is 2.41. The largest absolute Gasteiger partial charge is 0.480 e. The zero-order valence-electron chi connectivity index (χ0n) is 17.6. The molecule has 1 unspecified atom stereocenters. The van der Waals surface area contributed by atoms with Crippen molar-refractivity contribution in [2.45, 2.75) is 33.8 Å². The minimum Gasteiger partial charge on any atom is -0.480 e. The highest BCUT2D eigenvalue weighted by molar-refractivity contribution is 7.21. The van der Waals surface area contributed by atoms with Crippen LogP contribution in [0.15, 0.2) is 30.5 Å². The number of aromatic nitrogens is 3. The number of aliphatic hydroxyl groups excluding tert-OH is 1. The van der Waals surface area contributed by atoms with Crippen LogP contribution in [0.25, 0.3) is 31.8 Å². The van der Waals surface area contributed by atoms with Gasteiger partial charge in [0.15, 0.2) is 0 Å². The lowest BCUT2D eigenvalue weighted by Gasteiger charge is -2.26. The summed E-state index contributed by atoms with van der Waals surface area (Å²) in [4.78, 5) is 25.4. The number of benzene rings is 2. The highest BCUT2D eigenvalue weighted by Gasteiger charge is 2.27. The van der Waals surface area contributed by atoms with Crippen molar-refractivity contribution in [1.29, 1.82) is 0 Å². The molecular formula is C23H23N3O3S. The first-order valence-electron chi connectivity index (χ1n) is 9.60. The van der Waals surface area contributed by atoms with Gasteiger partial charge in [-0.2, -0.15) is 0 Å². The lowest BCUT2D eigenvalue weighted by molar-refractivity contribution is 0.0637. The Morgan fingerprint density at radius 2 is 1.90 bits per heavy atom. The number of aldehydes is 1. The summed E-state index contributed by atoms with van der Waals surface area (Å²) in [7, 11) is 1.56. The van der Waals surface area contributed by atoms with Gasteiger partial charge in [0, 0.05) is 16.7 Å². The molecule has 1 N–H and O–H groups in total. The van der Waals surface area contributed by atoms with E-state index < -0.39 is 11.5 Å². The van der Waals surface area contributed by atoms with Crippen LogP contribution in [0.2, 0.25) is 0 Å². The number of hydrogen-bond acceptors (Lipinski definition) is 7. The molecule has 0 aliphatic rings. The van der Waals surface area contributed by atoms with Crippen LogP contribution in [0.4, 0.5) is 0 Å².